The molecule has 0 radical (unpaired) electrons. The quantitative estimate of drug-likeness (QED) is 0.771. The average molecular weight is 190 g/mol. The summed E-state index contributed by atoms with van der Waals surface area (Å²) >= 11 is 7.08. The van der Waals surface area contributed by atoms with Crippen molar-refractivity contribution in [2.75, 3.05) is 0 Å². The zero-order chi connectivity index (χ0) is 7.90. The Morgan fingerprint density at radius 3 is 2.91 bits per heavy atom. The van der Waals surface area contributed by atoms with E-state index >= 15 is 0 Å². The second kappa shape index (κ2) is 2.44. The molecule has 1 aliphatic rings. The van der Waals surface area contributed by atoms with Gasteiger partial charge in [-0.05, 0) is 12.8 Å². The fourth-order valence-corrected chi connectivity index (χ4v) is 2.12. The van der Waals surface area contributed by atoms with Crippen molar-refractivity contribution in [1.82, 2.24) is 4.98 Å². The molecule has 0 unspecified atom stereocenters. The number of aromatic nitrogens is 1. The number of nitrogens with zero attached hydrogens (tertiary/aromatic N) is 1. The monoisotopic (exact) mass is 189 g/mol. The van der Waals surface area contributed by atoms with Gasteiger partial charge in [-0.25, -0.2) is 4.98 Å². The molecule has 0 aromatic carbocycles. The predicted octanol–water partition coefficient (Wildman–Crippen LogP) is 1.86. The van der Waals surface area contributed by atoms with E-state index in [1.54, 1.807) is 6.20 Å². The smallest absolute Gasteiger partial charge is 0.183 e. The highest BCUT2D eigenvalue weighted by molar-refractivity contribution is 7.15. The Hall–Kier alpha value is -0.120. The number of aliphatic hydroxyl groups is 1. The van der Waals surface area contributed by atoms with Crippen LogP contribution in [0.4, 0.5) is 0 Å². The topological polar surface area (TPSA) is 33.1 Å². The molecule has 1 aliphatic carbocycles. The lowest BCUT2D eigenvalue weighted by atomic mass is 10.2. The second-order valence-electron chi connectivity index (χ2n) is 2.98. The molecule has 0 spiro atoms. The lowest BCUT2D eigenvalue weighted by Crippen LogP contribution is -2.09. The van der Waals surface area contributed by atoms with Crippen molar-refractivity contribution in [3.05, 3.63) is 15.5 Å². The first-order chi connectivity index (χ1) is 5.18. The van der Waals surface area contributed by atoms with Gasteiger partial charge in [0.15, 0.2) is 4.47 Å². The van der Waals surface area contributed by atoms with Crippen LogP contribution < -0.4 is 0 Å². The fraction of sp³-hybridized carbons (Fsp3) is 0.571. The van der Waals surface area contributed by atoms with Crippen LogP contribution in [-0.2, 0) is 6.42 Å². The van der Waals surface area contributed by atoms with Crippen LogP contribution in [0.3, 0.4) is 0 Å². The molecule has 1 heterocycles. The molecule has 0 amide bonds. The van der Waals surface area contributed by atoms with Gasteiger partial charge in [0.1, 0.15) is 0 Å². The normalized spacial score (nSPS) is 20.2. The van der Waals surface area contributed by atoms with Gasteiger partial charge < -0.3 is 5.11 Å². The first-order valence-corrected chi connectivity index (χ1v) is 4.70. The zero-order valence-electron chi connectivity index (χ0n) is 5.88. The Morgan fingerprint density at radius 1 is 1.73 bits per heavy atom. The van der Waals surface area contributed by atoms with E-state index in [0.717, 1.165) is 24.1 Å². The summed E-state index contributed by atoms with van der Waals surface area (Å²) in [4.78, 5) is 4.98. The standard InChI is InChI=1S/C7H8ClNOS/c8-6-9-4-5(11-6)3-7(10)1-2-7/h4,10H,1-3H2. The van der Waals surface area contributed by atoms with Gasteiger partial charge in [0.05, 0.1) is 5.60 Å². The summed E-state index contributed by atoms with van der Waals surface area (Å²) in [6.45, 7) is 0. The van der Waals surface area contributed by atoms with Crippen molar-refractivity contribution in [3.63, 3.8) is 0 Å². The minimum Gasteiger partial charge on any atom is -0.390 e. The summed E-state index contributed by atoms with van der Waals surface area (Å²) in [5.41, 5.74) is -0.421. The third-order valence-electron chi connectivity index (χ3n) is 1.86. The van der Waals surface area contributed by atoms with Gasteiger partial charge in [0.25, 0.3) is 0 Å². The molecule has 0 aliphatic heterocycles. The number of hydrogen-bond acceptors (Lipinski definition) is 3. The molecule has 2 rings (SSSR count). The molecule has 11 heavy (non-hydrogen) atoms. The van der Waals surface area contributed by atoms with Crippen LogP contribution in [0.2, 0.25) is 4.47 Å². The first-order valence-electron chi connectivity index (χ1n) is 3.51. The van der Waals surface area contributed by atoms with Gasteiger partial charge in [-0.15, -0.1) is 11.3 Å². The van der Waals surface area contributed by atoms with E-state index in [0.29, 0.717) is 4.47 Å². The Bertz CT molecular complexity index is 269. The molecule has 0 atom stereocenters. The van der Waals surface area contributed by atoms with Crippen LogP contribution in [-0.4, -0.2) is 15.7 Å². The summed E-state index contributed by atoms with van der Waals surface area (Å²) in [7, 11) is 0. The van der Waals surface area contributed by atoms with Crippen LogP contribution in [0, 0.1) is 0 Å². The molecule has 1 saturated carbocycles. The van der Waals surface area contributed by atoms with E-state index in [-0.39, 0.29) is 0 Å². The van der Waals surface area contributed by atoms with E-state index in [2.05, 4.69) is 4.98 Å². The summed E-state index contributed by atoms with van der Waals surface area (Å²) in [5.74, 6) is 0. The third kappa shape index (κ3) is 1.72. The lowest BCUT2D eigenvalue weighted by Gasteiger charge is -2.02. The lowest BCUT2D eigenvalue weighted by molar-refractivity contribution is 0.152. The highest BCUT2D eigenvalue weighted by Gasteiger charge is 2.40. The first kappa shape index (κ1) is 7.53. The maximum absolute atomic E-state index is 9.53. The van der Waals surface area contributed by atoms with E-state index < -0.39 is 5.60 Å². The fourth-order valence-electron chi connectivity index (χ4n) is 1.01. The number of halogens is 1. The van der Waals surface area contributed by atoms with Gasteiger partial charge in [0.2, 0.25) is 0 Å². The van der Waals surface area contributed by atoms with Crippen molar-refractivity contribution in [3.8, 4) is 0 Å². The molecule has 2 nitrogen and oxygen atoms in total. The largest absolute Gasteiger partial charge is 0.390 e. The predicted molar refractivity (Wildman–Crippen MR) is 45.0 cm³/mol. The van der Waals surface area contributed by atoms with Crippen LogP contribution in [0.5, 0.6) is 0 Å². The summed E-state index contributed by atoms with van der Waals surface area (Å²) in [6, 6.07) is 0. The molecule has 1 aromatic heterocycles. The van der Waals surface area contributed by atoms with Crippen molar-refractivity contribution >= 4 is 22.9 Å². The van der Waals surface area contributed by atoms with Gasteiger partial charge in [-0.2, -0.15) is 0 Å². The molecule has 0 bridgehead atoms. The molecular formula is C7H8ClNOS. The second-order valence-corrected chi connectivity index (χ2v) is 4.68. The van der Waals surface area contributed by atoms with E-state index in [9.17, 15) is 5.11 Å². The average Bonchev–Trinajstić information content (AvgIpc) is 2.49. The molecule has 1 N–H and O–H groups in total. The summed E-state index contributed by atoms with van der Waals surface area (Å²) in [5, 5.41) is 9.53. The van der Waals surface area contributed by atoms with E-state index in [1.807, 2.05) is 0 Å². The van der Waals surface area contributed by atoms with E-state index in [4.69, 9.17) is 11.6 Å². The SMILES string of the molecule is OC1(Cc2cnc(Cl)s2)CC1. The van der Waals surface area contributed by atoms with Gasteiger partial charge >= 0.3 is 0 Å². The number of hydrogen-bond donors (Lipinski definition) is 1. The van der Waals surface area contributed by atoms with Gasteiger partial charge in [0, 0.05) is 17.5 Å². The highest BCUT2D eigenvalue weighted by Crippen LogP contribution is 2.39. The molecule has 0 saturated heterocycles. The van der Waals surface area contributed by atoms with Gasteiger partial charge in [-0.3, -0.25) is 0 Å². The van der Waals surface area contributed by atoms with Crippen LogP contribution in [0.25, 0.3) is 0 Å². The third-order valence-corrected chi connectivity index (χ3v) is 2.97. The number of thiazole rings is 1. The van der Waals surface area contributed by atoms with Gasteiger partial charge in [-0.1, -0.05) is 11.6 Å². The summed E-state index contributed by atoms with van der Waals surface area (Å²) in [6.07, 6.45) is 4.30. The summed E-state index contributed by atoms with van der Waals surface area (Å²) < 4.78 is 0.559. The van der Waals surface area contributed by atoms with E-state index in [1.165, 1.54) is 11.3 Å². The van der Waals surface area contributed by atoms with Crippen LogP contribution >= 0.6 is 22.9 Å². The van der Waals surface area contributed by atoms with Crippen molar-refractivity contribution < 1.29 is 5.11 Å². The molecular weight excluding hydrogens is 182 g/mol. The minimum absolute atomic E-state index is 0.421. The Labute approximate surface area is 73.8 Å². The van der Waals surface area contributed by atoms with Crippen molar-refractivity contribution in [2.24, 2.45) is 0 Å². The minimum atomic E-state index is -0.421. The maximum atomic E-state index is 9.53. The van der Waals surface area contributed by atoms with Crippen molar-refractivity contribution in [1.29, 1.82) is 0 Å². The Balaban J connectivity index is 2.06. The van der Waals surface area contributed by atoms with Crippen molar-refractivity contribution in [2.45, 2.75) is 24.9 Å². The molecule has 60 valence electrons. The zero-order valence-corrected chi connectivity index (χ0v) is 7.45. The number of rotatable bonds is 2. The maximum Gasteiger partial charge on any atom is 0.183 e. The Morgan fingerprint density at radius 2 is 2.45 bits per heavy atom. The molecule has 1 aromatic rings. The van der Waals surface area contributed by atoms with Crippen LogP contribution in [0.1, 0.15) is 17.7 Å². The highest BCUT2D eigenvalue weighted by atomic mass is 35.5. The Kier molecular flexibility index (Phi) is 1.67. The molecule has 1 fully saturated rings. The molecule has 4 heteroatoms. The van der Waals surface area contributed by atoms with Crippen LogP contribution in [0.15, 0.2) is 6.20 Å².